The van der Waals surface area contributed by atoms with E-state index in [-0.39, 0.29) is 17.0 Å². The summed E-state index contributed by atoms with van der Waals surface area (Å²) in [4.78, 5) is 26.8. The van der Waals surface area contributed by atoms with Crippen LogP contribution < -0.4 is 0 Å². The van der Waals surface area contributed by atoms with Crippen LogP contribution in [0.25, 0.3) is 0 Å². The number of ketones is 2. The van der Waals surface area contributed by atoms with E-state index in [9.17, 15) is 9.59 Å². The van der Waals surface area contributed by atoms with Crippen molar-refractivity contribution in [2.75, 3.05) is 0 Å². The first-order valence-corrected chi connectivity index (χ1v) is 7.27. The number of hydrogen-bond acceptors (Lipinski definition) is 3. The van der Waals surface area contributed by atoms with Crippen LogP contribution in [0.15, 0.2) is 23.7 Å². The summed E-state index contributed by atoms with van der Waals surface area (Å²) in [5, 5.41) is 2.07. The summed E-state index contributed by atoms with van der Waals surface area (Å²) in [7, 11) is 0. The van der Waals surface area contributed by atoms with Gasteiger partial charge in [0, 0.05) is 11.8 Å². The van der Waals surface area contributed by atoms with Gasteiger partial charge in [0.15, 0.2) is 0 Å². The molecule has 0 amide bonds. The number of aromatic amines is 1. The molecule has 0 fully saturated rings. The molecule has 2 heterocycles. The van der Waals surface area contributed by atoms with Gasteiger partial charge in [0.05, 0.1) is 15.6 Å². The molecular weight excluding hydrogens is 352 g/mol. The largest absolute Gasteiger partial charge is 0.358 e. The van der Waals surface area contributed by atoms with Crippen molar-refractivity contribution in [2.24, 2.45) is 0 Å². The highest BCUT2D eigenvalue weighted by molar-refractivity contribution is 7.13. The Kier molecular flexibility index (Phi) is 4.28. The van der Waals surface area contributed by atoms with Gasteiger partial charge in [-0.3, -0.25) is 9.59 Å². The van der Waals surface area contributed by atoms with E-state index >= 15 is 0 Å². The fourth-order valence-corrected chi connectivity index (χ4v) is 2.80. The van der Waals surface area contributed by atoms with Gasteiger partial charge in [0.1, 0.15) is 0 Å². The Hall–Kier alpha value is -0.520. The van der Waals surface area contributed by atoms with Gasteiger partial charge in [-0.15, -0.1) is 11.3 Å². The summed E-state index contributed by atoms with van der Waals surface area (Å²) in [5.74, 6) is -1.02. The van der Waals surface area contributed by atoms with Crippen LogP contribution in [-0.2, 0) is 0 Å². The third kappa shape index (κ3) is 3.15. The van der Waals surface area contributed by atoms with Crippen LogP contribution in [-0.4, -0.2) is 20.3 Å². The molecule has 0 aromatic carbocycles. The predicted molar refractivity (Wildman–Crippen MR) is 78.2 cm³/mol. The first-order valence-electron chi connectivity index (χ1n) is 4.88. The second-order valence-corrected chi connectivity index (χ2v) is 7.16. The van der Waals surface area contributed by atoms with Crippen molar-refractivity contribution in [3.05, 3.63) is 44.9 Å². The Bertz CT molecular complexity index is 641. The molecule has 0 aliphatic carbocycles. The number of halogens is 4. The fourth-order valence-electron chi connectivity index (χ4n) is 1.40. The minimum atomic E-state index is -2.06. The van der Waals surface area contributed by atoms with Crippen LogP contribution >= 0.6 is 57.7 Å². The fraction of sp³-hybridized carbons (Fsp3) is 0.0909. The number of aromatic nitrogens is 1. The van der Waals surface area contributed by atoms with Crippen molar-refractivity contribution < 1.29 is 9.59 Å². The highest BCUT2D eigenvalue weighted by Crippen LogP contribution is 2.31. The van der Waals surface area contributed by atoms with E-state index in [2.05, 4.69) is 4.98 Å². The van der Waals surface area contributed by atoms with Gasteiger partial charge in [-0.1, -0.05) is 46.4 Å². The molecule has 100 valence electrons. The third-order valence-corrected chi connectivity index (χ3v) is 4.13. The maximum Gasteiger partial charge on any atom is 0.254 e. The van der Waals surface area contributed by atoms with Gasteiger partial charge in [0.2, 0.25) is 11.6 Å². The monoisotopic (exact) mass is 355 g/mol. The second kappa shape index (κ2) is 5.46. The zero-order valence-corrected chi connectivity index (χ0v) is 12.9. The molecule has 3 nitrogen and oxygen atoms in total. The van der Waals surface area contributed by atoms with Crippen LogP contribution in [0.4, 0.5) is 0 Å². The summed E-state index contributed by atoms with van der Waals surface area (Å²) in [6, 6.07) is 2.96. The standard InChI is InChI=1S/C11H5Cl4NO2S/c12-6-1-2-19-9(6)8(17)5-3-7(16-4-5)10(18)11(13,14)15/h1-4,16H. The zero-order valence-electron chi connectivity index (χ0n) is 9.05. The molecule has 2 aromatic rings. The van der Waals surface area contributed by atoms with Crippen molar-refractivity contribution in [3.8, 4) is 0 Å². The molecule has 0 aliphatic rings. The Morgan fingerprint density at radius 3 is 2.47 bits per heavy atom. The minimum Gasteiger partial charge on any atom is -0.358 e. The van der Waals surface area contributed by atoms with Gasteiger partial charge >= 0.3 is 0 Å². The lowest BCUT2D eigenvalue weighted by Gasteiger charge is -2.06. The second-order valence-electron chi connectivity index (χ2n) is 3.56. The summed E-state index contributed by atoms with van der Waals surface area (Å²) < 4.78 is -2.06. The first-order chi connectivity index (χ1) is 8.80. The molecule has 1 N–H and O–H groups in total. The molecule has 0 radical (unpaired) electrons. The van der Waals surface area contributed by atoms with Gasteiger partial charge in [-0.05, 0) is 17.5 Å². The number of carbonyl (C=O) groups excluding carboxylic acids is 2. The average molecular weight is 357 g/mol. The minimum absolute atomic E-state index is 0.0519. The Balaban J connectivity index is 2.30. The summed E-state index contributed by atoms with van der Waals surface area (Å²) in [5.41, 5.74) is 0.331. The quantitative estimate of drug-likeness (QED) is 0.649. The van der Waals surface area contributed by atoms with Crippen LogP contribution in [0.3, 0.4) is 0 Å². The number of thiophene rings is 1. The molecule has 0 saturated carbocycles. The average Bonchev–Trinajstić information content (AvgIpc) is 2.94. The van der Waals surface area contributed by atoms with Crippen molar-refractivity contribution >= 4 is 69.3 Å². The van der Waals surface area contributed by atoms with Crippen LogP contribution in [0.1, 0.15) is 25.7 Å². The normalized spacial score (nSPS) is 11.6. The topological polar surface area (TPSA) is 49.9 Å². The van der Waals surface area contributed by atoms with E-state index in [0.717, 1.165) is 0 Å². The van der Waals surface area contributed by atoms with Crippen molar-refractivity contribution in [3.63, 3.8) is 0 Å². The zero-order chi connectivity index (χ0) is 14.2. The Morgan fingerprint density at radius 1 is 1.26 bits per heavy atom. The lowest BCUT2D eigenvalue weighted by atomic mass is 10.1. The van der Waals surface area contributed by atoms with E-state index in [1.165, 1.54) is 23.6 Å². The Morgan fingerprint density at radius 2 is 1.95 bits per heavy atom. The molecule has 0 unspecified atom stereocenters. The molecule has 2 aromatic heterocycles. The van der Waals surface area contributed by atoms with E-state index in [1.54, 1.807) is 11.4 Å². The van der Waals surface area contributed by atoms with E-state index < -0.39 is 9.58 Å². The molecule has 0 saturated heterocycles. The number of carbonyl (C=O) groups is 2. The molecule has 0 aliphatic heterocycles. The maximum atomic E-state index is 12.1. The number of hydrogen-bond donors (Lipinski definition) is 1. The molecule has 19 heavy (non-hydrogen) atoms. The molecule has 0 bridgehead atoms. The summed E-state index contributed by atoms with van der Waals surface area (Å²) in [6.07, 6.45) is 1.38. The van der Waals surface area contributed by atoms with Crippen LogP contribution in [0.2, 0.25) is 5.02 Å². The summed E-state index contributed by atoms with van der Waals surface area (Å²) in [6.45, 7) is 0. The van der Waals surface area contributed by atoms with Crippen molar-refractivity contribution in [1.82, 2.24) is 4.98 Å². The number of H-pyrrole nitrogens is 1. The molecule has 2 rings (SSSR count). The SMILES string of the molecule is O=C(c1c[nH]c(C(=O)C(Cl)(Cl)Cl)c1)c1sccc1Cl. The van der Waals surface area contributed by atoms with Crippen molar-refractivity contribution in [2.45, 2.75) is 3.79 Å². The van der Waals surface area contributed by atoms with Crippen molar-refractivity contribution in [1.29, 1.82) is 0 Å². The summed E-state index contributed by atoms with van der Waals surface area (Å²) >= 11 is 23.6. The predicted octanol–water partition coefficient (Wildman–Crippen LogP) is 4.51. The number of Topliss-reactive ketones (excluding diaryl/α,β-unsaturated/α-hetero) is 1. The van der Waals surface area contributed by atoms with Gasteiger partial charge in [-0.2, -0.15) is 0 Å². The highest BCUT2D eigenvalue weighted by Gasteiger charge is 2.33. The maximum absolute atomic E-state index is 12.1. The smallest absolute Gasteiger partial charge is 0.254 e. The number of nitrogens with one attached hydrogen (secondary N) is 1. The van der Waals surface area contributed by atoms with E-state index in [4.69, 9.17) is 46.4 Å². The van der Waals surface area contributed by atoms with Gasteiger partial charge in [0.25, 0.3) is 3.79 Å². The lowest BCUT2D eigenvalue weighted by molar-refractivity contribution is 0.0992. The number of alkyl halides is 3. The molecule has 0 atom stereocenters. The first kappa shape index (κ1) is 14.9. The van der Waals surface area contributed by atoms with Gasteiger partial charge in [-0.25, -0.2) is 0 Å². The van der Waals surface area contributed by atoms with Crippen LogP contribution in [0.5, 0.6) is 0 Å². The third-order valence-electron chi connectivity index (χ3n) is 2.27. The van der Waals surface area contributed by atoms with E-state index in [0.29, 0.717) is 9.90 Å². The van der Waals surface area contributed by atoms with E-state index in [1.807, 2.05) is 0 Å². The molecule has 8 heteroatoms. The lowest BCUT2D eigenvalue weighted by Crippen LogP contribution is -2.19. The highest BCUT2D eigenvalue weighted by atomic mass is 35.6. The number of rotatable bonds is 3. The van der Waals surface area contributed by atoms with Crippen LogP contribution in [0, 0.1) is 0 Å². The molecule has 0 spiro atoms. The molecular formula is C11H5Cl4NO2S. The van der Waals surface area contributed by atoms with Gasteiger partial charge < -0.3 is 4.98 Å². The Labute approximate surface area is 132 Å².